The Balaban J connectivity index is 0.000000405. The fraction of sp³-hybridized carbons (Fsp3) is 0.431. The van der Waals surface area contributed by atoms with Crippen LogP contribution < -0.4 is 19.3 Å². The summed E-state index contributed by atoms with van der Waals surface area (Å²) < 4.78 is 22.4. The molecule has 372 valence electrons. The van der Waals surface area contributed by atoms with Crippen molar-refractivity contribution in [2.24, 2.45) is 0 Å². The molecule has 0 amide bonds. The number of rotatable bonds is 21. The second kappa shape index (κ2) is 30.5. The number of nitriles is 6. The van der Waals surface area contributed by atoms with Gasteiger partial charge in [0.05, 0.1) is 19.8 Å². The van der Waals surface area contributed by atoms with Crippen LogP contribution in [-0.2, 0) is 14.3 Å². The Bertz CT molecular complexity index is 2590. The molecule has 2 aromatic rings. The minimum absolute atomic E-state index is 0.0408. The fourth-order valence-electron chi connectivity index (χ4n) is 7.43. The smallest absolute Gasteiger partial charge is 0.172 e. The SMILES string of the molecule is CC1=C(C#N)C(=C(C#N)C#N)OC1(C)C.CCCCN(CCCC)c1ccc(/C=C/C=C/C2=C(C#N)C(=C(C#N)C#N)OC2(C)C)c(OC)c1.CCCCN(CCCC)c1ccc(/C=C/C=O)c(OC)c1. The topological polar surface area (TPSA) is 203 Å². The molecular weight excluding hydrogens is 889 g/mol. The summed E-state index contributed by atoms with van der Waals surface area (Å²) in [7, 11) is 3.34. The minimum atomic E-state index is -0.830. The molecular formula is C58H70N8O5. The molecule has 0 unspecified atom stereocenters. The number of hydrogen-bond donors (Lipinski definition) is 0. The fourth-order valence-corrected chi connectivity index (χ4v) is 7.43. The predicted octanol–water partition coefficient (Wildman–Crippen LogP) is 12.9. The highest BCUT2D eigenvalue weighted by atomic mass is 16.5. The van der Waals surface area contributed by atoms with Crippen molar-refractivity contribution in [1.82, 2.24) is 0 Å². The van der Waals surface area contributed by atoms with Crippen molar-refractivity contribution < 1.29 is 23.7 Å². The van der Waals surface area contributed by atoms with Crippen molar-refractivity contribution >= 4 is 29.8 Å². The Kier molecular flexibility index (Phi) is 25.4. The van der Waals surface area contributed by atoms with E-state index in [9.17, 15) is 20.6 Å². The molecule has 0 aromatic heterocycles. The summed E-state index contributed by atoms with van der Waals surface area (Å²) >= 11 is 0. The van der Waals surface area contributed by atoms with Gasteiger partial charge in [0.25, 0.3) is 0 Å². The lowest BCUT2D eigenvalue weighted by Gasteiger charge is -2.25. The monoisotopic (exact) mass is 959 g/mol. The summed E-state index contributed by atoms with van der Waals surface area (Å²) in [5.74, 6) is 1.75. The number of aldehydes is 1. The standard InChI is InChI=1S/C29H34N4O2.C18H27NO2.C11H9N3O/c1-6-8-16-33(17-9-7-2)24-15-14-22(27(18-24)34-5)12-10-11-13-26-25(21-32)28(23(19-30)20-31)35-29(26,3)4;1-4-6-12-19(13-7-5-2)17-11-10-16(9-8-14-20)18(15-17)21-3;1-7-9(6-14)10(8(4-12)5-13)15-11(7,2)3/h10-15,18H,6-9,16-17H2,1-5H3;8-11,14-15H,4-7,12-13H2,1-3H3;1-3H3/b12-10+,13-11+;9-8+;. The number of hydrogen-bond acceptors (Lipinski definition) is 13. The molecule has 13 heteroatoms. The van der Waals surface area contributed by atoms with Gasteiger partial charge in [-0.2, -0.15) is 31.6 Å². The number of carbonyl (C=O) groups excluding carboxylic acids is 1. The lowest BCUT2D eigenvalue weighted by Crippen LogP contribution is -2.25. The molecule has 0 saturated carbocycles. The lowest BCUT2D eigenvalue weighted by molar-refractivity contribution is -0.104. The Morgan fingerprint density at radius 1 is 0.577 bits per heavy atom. The number of ether oxygens (including phenoxy) is 4. The van der Waals surface area contributed by atoms with E-state index >= 15 is 0 Å². The summed E-state index contributed by atoms with van der Waals surface area (Å²) in [5, 5.41) is 54.4. The van der Waals surface area contributed by atoms with Gasteiger partial charge in [0, 0.05) is 66.4 Å². The summed E-state index contributed by atoms with van der Waals surface area (Å²) in [4.78, 5) is 15.3. The van der Waals surface area contributed by atoms with Gasteiger partial charge in [-0.15, -0.1) is 0 Å². The third kappa shape index (κ3) is 16.9. The van der Waals surface area contributed by atoms with Crippen molar-refractivity contribution in [2.75, 3.05) is 50.2 Å². The van der Waals surface area contributed by atoms with Gasteiger partial charge in [-0.05, 0) is 102 Å². The zero-order valence-electron chi connectivity index (χ0n) is 43.6. The molecule has 2 heterocycles. The summed E-state index contributed by atoms with van der Waals surface area (Å²) in [6.07, 6.45) is 20.9. The first-order valence-electron chi connectivity index (χ1n) is 24.2. The second-order valence-electron chi connectivity index (χ2n) is 17.5. The van der Waals surface area contributed by atoms with E-state index in [4.69, 9.17) is 34.7 Å². The van der Waals surface area contributed by atoms with Crippen LogP contribution in [0.4, 0.5) is 11.4 Å². The molecule has 13 nitrogen and oxygen atoms in total. The maximum atomic E-state index is 10.5. The van der Waals surface area contributed by atoms with Gasteiger partial charge in [-0.25, -0.2) is 0 Å². The summed E-state index contributed by atoms with van der Waals surface area (Å²) in [5.41, 5.74) is 4.27. The van der Waals surface area contributed by atoms with E-state index in [1.165, 1.54) is 37.4 Å². The molecule has 0 atom stereocenters. The molecule has 0 fully saturated rings. The van der Waals surface area contributed by atoms with E-state index in [1.54, 1.807) is 85.3 Å². The zero-order valence-corrected chi connectivity index (χ0v) is 43.6. The highest BCUT2D eigenvalue weighted by molar-refractivity contribution is 5.76. The zero-order chi connectivity index (χ0) is 53.0. The Morgan fingerprint density at radius 3 is 1.32 bits per heavy atom. The van der Waals surface area contributed by atoms with Gasteiger partial charge >= 0.3 is 0 Å². The minimum Gasteiger partial charge on any atom is -0.496 e. The normalized spacial score (nSPS) is 14.0. The average Bonchev–Trinajstić information content (AvgIpc) is 3.77. The maximum absolute atomic E-state index is 10.5. The highest BCUT2D eigenvalue weighted by Gasteiger charge is 2.39. The van der Waals surface area contributed by atoms with Crippen molar-refractivity contribution in [1.29, 1.82) is 31.6 Å². The average molecular weight is 959 g/mol. The molecule has 2 aliphatic heterocycles. The van der Waals surface area contributed by atoms with Gasteiger partial charge in [0.1, 0.15) is 71.0 Å². The molecule has 2 aliphatic rings. The molecule has 0 aliphatic carbocycles. The number of carbonyl (C=O) groups is 1. The molecule has 2 aromatic carbocycles. The van der Waals surface area contributed by atoms with Crippen LogP contribution in [0.15, 0.2) is 106 Å². The van der Waals surface area contributed by atoms with Crippen LogP contribution >= 0.6 is 0 Å². The van der Waals surface area contributed by atoms with Crippen molar-refractivity contribution in [2.45, 2.75) is 125 Å². The molecule has 0 spiro atoms. The Labute approximate surface area is 423 Å². The van der Waals surface area contributed by atoms with Crippen LogP contribution in [-0.4, -0.2) is 57.9 Å². The van der Waals surface area contributed by atoms with Crippen LogP contribution in [0, 0.1) is 68.0 Å². The van der Waals surface area contributed by atoms with Gasteiger partial charge in [0.2, 0.25) is 0 Å². The van der Waals surface area contributed by atoms with Gasteiger partial charge in [-0.1, -0.05) is 77.7 Å². The predicted molar refractivity (Wildman–Crippen MR) is 281 cm³/mol. The molecule has 71 heavy (non-hydrogen) atoms. The number of anilines is 2. The molecule has 4 rings (SSSR count). The molecule has 0 bridgehead atoms. The number of benzene rings is 2. The third-order valence-electron chi connectivity index (χ3n) is 11.8. The first-order chi connectivity index (χ1) is 34.1. The van der Waals surface area contributed by atoms with E-state index < -0.39 is 11.2 Å². The van der Waals surface area contributed by atoms with Crippen LogP contribution in [0.25, 0.3) is 12.2 Å². The van der Waals surface area contributed by atoms with E-state index in [2.05, 4.69) is 73.9 Å². The number of methoxy groups -OCH3 is 2. The first kappa shape index (κ1) is 59.2. The van der Waals surface area contributed by atoms with Crippen LogP contribution in [0.5, 0.6) is 11.5 Å². The van der Waals surface area contributed by atoms with E-state index in [0.717, 1.165) is 92.0 Å². The number of unbranched alkanes of at least 4 members (excludes halogenated alkanes) is 4. The van der Waals surface area contributed by atoms with Crippen LogP contribution in [0.3, 0.4) is 0 Å². The first-order valence-corrected chi connectivity index (χ1v) is 24.2. The summed E-state index contributed by atoms with van der Waals surface area (Å²) in [6.45, 7) is 22.0. The maximum Gasteiger partial charge on any atom is 0.172 e. The molecule has 0 saturated heterocycles. The largest absolute Gasteiger partial charge is 0.496 e. The second-order valence-corrected chi connectivity index (χ2v) is 17.5. The lowest BCUT2D eigenvalue weighted by atomic mass is 9.94. The van der Waals surface area contributed by atoms with E-state index in [-0.39, 0.29) is 33.8 Å². The van der Waals surface area contributed by atoms with Gasteiger partial charge in [0.15, 0.2) is 22.7 Å². The van der Waals surface area contributed by atoms with Crippen molar-refractivity contribution in [3.8, 4) is 47.9 Å². The molecule has 0 radical (unpaired) electrons. The van der Waals surface area contributed by atoms with Gasteiger partial charge in [-0.3, -0.25) is 4.79 Å². The van der Waals surface area contributed by atoms with E-state index in [0.29, 0.717) is 5.57 Å². The molecule has 0 N–H and O–H groups in total. The Morgan fingerprint density at radius 2 is 0.958 bits per heavy atom. The third-order valence-corrected chi connectivity index (χ3v) is 11.8. The van der Waals surface area contributed by atoms with Crippen molar-refractivity contribution in [3.05, 3.63) is 117 Å². The Hall–Kier alpha value is -7.97. The number of nitrogens with zero attached hydrogens (tertiary/aromatic N) is 8. The van der Waals surface area contributed by atoms with E-state index in [1.807, 2.05) is 30.4 Å². The quantitative estimate of drug-likeness (QED) is 0.0495. The van der Waals surface area contributed by atoms with Crippen LogP contribution in [0.2, 0.25) is 0 Å². The van der Waals surface area contributed by atoms with Crippen molar-refractivity contribution in [3.63, 3.8) is 0 Å². The van der Waals surface area contributed by atoms with Crippen LogP contribution in [0.1, 0.15) is 125 Å². The highest BCUT2D eigenvalue weighted by Crippen LogP contribution is 2.41. The summed E-state index contributed by atoms with van der Waals surface area (Å²) in [6, 6.07) is 23.6. The van der Waals surface area contributed by atoms with Gasteiger partial charge < -0.3 is 28.7 Å². The number of allylic oxidation sites excluding steroid dienone is 7.